The third-order valence-corrected chi connectivity index (χ3v) is 2.84. The van der Waals surface area contributed by atoms with Crippen LogP contribution in [0.15, 0.2) is 0 Å². The van der Waals surface area contributed by atoms with E-state index in [2.05, 4.69) is 4.90 Å². The van der Waals surface area contributed by atoms with E-state index < -0.39 is 0 Å². The van der Waals surface area contributed by atoms with Gasteiger partial charge in [0.05, 0.1) is 5.37 Å². The van der Waals surface area contributed by atoms with Crippen molar-refractivity contribution in [1.29, 1.82) is 0 Å². The number of hydrogen-bond donors (Lipinski definition) is 0. The van der Waals surface area contributed by atoms with E-state index in [0.29, 0.717) is 10.5 Å². The van der Waals surface area contributed by atoms with Crippen LogP contribution in [0.5, 0.6) is 0 Å². The van der Waals surface area contributed by atoms with Gasteiger partial charge in [-0.05, 0) is 20.5 Å². The Balaban J connectivity index is 2.39. The van der Waals surface area contributed by atoms with Crippen LogP contribution in [0.4, 0.5) is 0 Å². The molecule has 52 valence electrons. The van der Waals surface area contributed by atoms with E-state index in [-0.39, 0.29) is 0 Å². The molecule has 0 bridgehead atoms. The van der Waals surface area contributed by atoms with Gasteiger partial charge in [-0.25, -0.2) is 0 Å². The molecule has 1 rings (SSSR count). The first-order valence-electron chi connectivity index (χ1n) is 3.06. The second kappa shape index (κ2) is 2.71. The maximum atomic E-state index is 10.7. The molecule has 0 radical (unpaired) electrons. The van der Waals surface area contributed by atoms with Crippen LogP contribution in [0.1, 0.15) is 12.8 Å². The molecule has 2 nitrogen and oxygen atoms in total. The molecule has 1 atom stereocenters. The summed E-state index contributed by atoms with van der Waals surface area (Å²) in [5.74, 6) is 0. The van der Waals surface area contributed by atoms with Crippen LogP contribution in [0, 0.1) is 0 Å². The molecule has 1 aliphatic heterocycles. The fourth-order valence-corrected chi connectivity index (χ4v) is 1.86. The third kappa shape index (κ3) is 1.69. The highest BCUT2D eigenvalue weighted by atomic mass is 32.2. The Bertz CT molecular complexity index is 124. The third-order valence-electron chi connectivity index (χ3n) is 1.44. The van der Waals surface area contributed by atoms with Crippen LogP contribution in [0.2, 0.25) is 0 Å². The van der Waals surface area contributed by atoms with Gasteiger partial charge in [-0.3, -0.25) is 9.69 Å². The molecule has 0 spiro atoms. The summed E-state index contributed by atoms with van der Waals surface area (Å²) in [4.78, 5) is 12.8. The first-order valence-corrected chi connectivity index (χ1v) is 3.94. The van der Waals surface area contributed by atoms with Crippen molar-refractivity contribution in [3.63, 3.8) is 0 Å². The Kier molecular flexibility index (Phi) is 2.13. The fraction of sp³-hybridized carbons (Fsp3) is 0.833. The van der Waals surface area contributed by atoms with Crippen molar-refractivity contribution in [3.8, 4) is 0 Å². The Hall–Kier alpha value is -0.0200. The van der Waals surface area contributed by atoms with Crippen molar-refractivity contribution in [2.75, 3.05) is 14.1 Å². The quantitative estimate of drug-likeness (QED) is 0.547. The minimum atomic E-state index is 0.341. The summed E-state index contributed by atoms with van der Waals surface area (Å²) in [5.41, 5.74) is 0. The van der Waals surface area contributed by atoms with E-state index in [1.807, 2.05) is 14.1 Å². The Morgan fingerprint density at radius 1 is 1.67 bits per heavy atom. The van der Waals surface area contributed by atoms with Crippen LogP contribution in [-0.4, -0.2) is 29.5 Å². The molecule has 1 saturated heterocycles. The van der Waals surface area contributed by atoms with Crippen molar-refractivity contribution in [1.82, 2.24) is 4.90 Å². The summed E-state index contributed by atoms with van der Waals surface area (Å²) < 4.78 is 0. The van der Waals surface area contributed by atoms with Crippen molar-refractivity contribution >= 4 is 16.9 Å². The Morgan fingerprint density at radius 3 is 2.56 bits per heavy atom. The summed E-state index contributed by atoms with van der Waals surface area (Å²) in [5, 5.41) is 0.784. The van der Waals surface area contributed by atoms with Crippen LogP contribution < -0.4 is 0 Å². The van der Waals surface area contributed by atoms with Crippen molar-refractivity contribution in [2.24, 2.45) is 0 Å². The first kappa shape index (κ1) is 7.09. The molecule has 0 aromatic heterocycles. The SMILES string of the molecule is CN(C)C1CCC(=O)S1. The van der Waals surface area contributed by atoms with Crippen LogP contribution in [-0.2, 0) is 4.79 Å². The number of nitrogens with zero attached hydrogens (tertiary/aromatic N) is 1. The molecular weight excluding hydrogens is 134 g/mol. The van der Waals surface area contributed by atoms with Gasteiger partial charge in [-0.2, -0.15) is 0 Å². The van der Waals surface area contributed by atoms with Gasteiger partial charge in [-0.15, -0.1) is 0 Å². The smallest absolute Gasteiger partial charge is 0.190 e. The van der Waals surface area contributed by atoms with E-state index >= 15 is 0 Å². The summed E-state index contributed by atoms with van der Waals surface area (Å²) in [7, 11) is 4.02. The highest BCUT2D eigenvalue weighted by Gasteiger charge is 2.23. The normalized spacial score (nSPS) is 27.9. The molecule has 0 N–H and O–H groups in total. The highest BCUT2D eigenvalue weighted by Crippen LogP contribution is 2.28. The van der Waals surface area contributed by atoms with Crippen LogP contribution >= 0.6 is 11.8 Å². The van der Waals surface area contributed by atoms with Gasteiger partial charge in [0.1, 0.15) is 0 Å². The molecule has 0 aromatic carbocycles. The summed E-state index contributed by atoms with van der Waals surface area (Å²) >= 11 is 1.46. The molecule has 9 heavy (non-hydrogen) atoms. The average Bonchev–Trinajstić information content (AvgIpc) is 2.14. The first-order chi connectivity index (χ1) is 4.20. The van der Waals surface area contributed by atoms with Crippen molar-refractivity contribution in [3.05, 3.63) is 0 Å². The Morgan fingerprint density at radius 2 is 2.33 bits per heavy atom. The maximum absolute atomic E-state index is 10.7. The molecule has 0 amide bonds. The Labute approximate surface area is 59.6 Å². The van der Waals surface area contributed by atoms with Gasteiger partial charge in [0.25, 0.3) is 0 Å². The zero-order valence-corrected chi connectivity index (χ0v) is 6.57. The van der Waals surface area contributed by atoms with Gasteiger partial charge in [0.15, 0.2) is 5.12 Å². The molecule has 0 aromatic rings. The molecule has 1 aliphatic rings. The molecule has 0 aliphatic carbocycles. The lowest BCUT2D eigenvalue weighted by atomic mass is 10.3. The minimum absolute atomic E-state index is 0.341. The second-order valence-electron chi connectivity index (χ2n) is 2.45. The van der Waals surface area contributed by atoms with Gasteiger partial charge in [-0.1, -0.05) is 11.8 Å². The average molecular weight is 145 g/mol. The second-order valence-corrected chi connectivity index (χ2v) is 3.68. The van der Waals surface area contributed by atoms with Crippen LogP contribution in [0.3, 0.4) is 0 Å². The molecule has 0 saturated carbocycles. The molecule has 1 unspecified atom stereocenters. The molecule has 1 heterocycles. The standard InChI is InChI=1S/C6H11NOS/c1-7(2)5-3-4-6(8)9-5/h5H,3-4H2,1-2H3. The molecule has 1 fully saturated rings. The number of rotatable bonds is 1. The zero-order valence-electron chi connectivity index (χ0n) is 5.76. The predicted octanol–water partition coefficient (Wildman–Crippen LogP) is 0.928. The van der Waals surface area contributed by atoms with Gasteiger partial charge in [0, 0.05) is 6.42 Å². The maximum Gasteiger partial charge on any atom is 0.190 e. The number of carbonyl (C=O) groups is 1. The van der Waals surface area contributed by atoms with Crippen molar-refractivity contribution < 1.29 is 4.79 Å². The van der Waals surface area contributed by atoms with Gasteiger partial charge in [0.2, 0.25) is 0 Å². The summed E-state index contributed by atoms with van der Waals surface area (Å²) in [6.07, 6.45) is 1.78. The van der Waals surface area contributed by atoms with Gasteiger partial charge < -0.3 is 0 Å². The van der Waals surface area contributed by atoms with Gasteiger partial charge >= 0.3 is 0 Å². The predicted molar refractivity (Wildman–Crippen MR) is 39.3 cm³/mol. The van der Waals surface area contributed by atoms with E-state index in [4.69, 9.17) is 0 Å². The highest BCUT2D eigenvalue weighted by molar-refractivity contribution is 8.14. The van der Waals surface area contributed by atoms with Crippen molar-refractivity contribution in [2.45, 2.75) is 18.2 Å². The zero-order chi connectivity index (χ0) is 6.85. The number of thioether (sulfide) groups is 1. The lowest BCUT2D eigenvalue weighted by molar-refractivity contribution is -0.110. The van der Waals surface area contributed by atoms with E-state index in [9.17, 15) is 4.79 Å². The largest absolute Gasteiger partial charge is 0.297 e. The lowest BCUT2D eigenvalue weighted by Gasteiger charge is -2.15. The number of hydrogen-bond acceptors (Lipinski definition) is 3. The fourth-order valence-electron chi connectivity index (χ4n) is 0.875. The molecular formula is C6H11NOS. The minimum Gasteiger partial charge on any atom is -0.297 e. The van der Waals surface area contributed by atoms with E-state index in [1.165, 1.54) is 11.8 Å². The van der Waals surface area contributed by atoms with Crippen LogP contribution in [0.25, 0.3) is 0 Å². The number of carbonyl (C=O) groups excluding carboxylic acids is 1. The topological polar surface area (TPSA) is 20.3 Å². The molecule has 3 heteroatoms. The monoisotopic (exact) mass is 145 g/mol. The van der Waals surface area contributed by atoms with E-state index in [1.54, 1.807) is 0 Å². The summed E-state index contributed by atoms with van der Waals surface area (Å²) in [6.45, 7) is 0. The summed E-state index contributed by atoms with van der Waals surface area (Å²) in [6, 6.07) is 0. The lowest BCUT2D eigenvalue weighted by Crippen LogP contribution is -2.21. The van der Waals surface area contributed by atoms with E-state index in [0.717, 1.165) is 12.8 Å².